The molecule has 2 heterocycles. The van der Waals surface area contributed by atoms with E-state index >= 15 is 0 Å². The van der Waals surface area contributed by atoms with Gasteiger partial charge in [-0.1, -0.05) is 6.07 Å². The van der Waals surface area contributed by atoms with E-state index in [0.717, 1.165) is 11.0 Å². The van der Waals surface area contributed by atoms with Crippen molar-refractivity contribution in [2.75, 3.05) is 20.4 Å². The van der Waals surface area contributed by atoms with E-state index in [-0.39, 0.29) is 18.1 Å². The van der Waals surface area contributed by atoms with Gasteiger partial charge in [-0.2, -0.15) is 0 Å². The van der Waals surface area contributed by atoms with Gasteiger partial charge >= 0.3 is 6.03 Å². The van der Waals surface area contributed by atoms with Crippen LogP contribution in [-0.4, -0.2) is 43.1 Å². The number of imide groups is 1. The molecule has 0 saturated carbocycles. The summed E-state index contributed by atoms with van der Waals surface area (Å²) in [5.41, 5.74) is -0.852. The van der Waals surface area contributed by atoms with Gasteiger partial charge in [-0.15, -0.1) is 0 Å². The van der Waals surface area contributed by atoms with E-state index < -0.39 is 35.6 Å². The van der Waals surface area contributed by atoms with Crippen molar-refractivity contribution in [3.05, 3.63) is 53.3 Å². The number of carbonyl (C=O) groups is 3. The Balaban J connectivity index is 1.56. The number of halogens is 1. The first kappa shape index (κ1) is 18.7. The molecule has 29 heavy (non-hydrogen) atoms. The third-order valence-electron chi connectivity index (χ3n) is 5.00. The lowest BCUT2D eigenvalue weighted by atomic mass is 9.91. The fourth-order valence-corrected chi connectivity index (χ4v) is 3.32. The fraction of sp³-hybridized carbons (Fsp3) is 0.250. The molecule has 8 nitrogen and oxygen atoms in total. The molecule has 2 aliphatic heterocycles. The molecular formula is C20H17FN2O6. The fourth-order valence-electron chi connectivity index (χ4n) is 3.32. The lowest BCUT2D eigenvalue weighted by Crippen LogP contribution is -2.41. The van der Waals surface area contributed by atoms with Crippen molar-refractivity contribution in [1.82, 2.24) is 10.2 Å². The normalized spacial score (nSPS) is 20.0. The number of benzene rings is 2. The molecule has 2 aliphatic rings. The van der Waals surface area contributed by atoms with Gasteiger partial charge in [0, 0.05) is 5.56 Å². The first-order valence-corrected chi connectivity index (χ1v) is 8.74. The number of carbonyl (C=O) groups excluding carboxylic acids is 3. The monoisotopic (exact) mass is 400 g/mol. The maximum absolute atomic E-state index is 13.9. The van der Waals surface area contributed by atoms with E-state index in [4.69, 9.17) is 14.2 Å². The summed E-state index contributed by atoms with van der Waals surface area (Å²) in [6, 6.07) is 7.90. The second-order valence-corrected chi connectivity index (χ2v) is 6.79. The van der Waals surface area contributed by atoms with E-state index in [0.29, 0.717) is 17.1 Å². The molecule has 1 unspecified atom stereocenters. The molecular weight excluding hydrogens is 383 g/mol. The van der Waals surface area contributed by atoms with Gasteiger partial charge in [0.05, 0.1) is 13.7 Å². The second-order valence-electron chi connectivity index (χ2n) is 6.79. The van der Waals surface area contributed by atoms with Crippen LogP contribution in [-0.2, 0) is 10.3 Å². The molecule has 2 aromatic carbocycles. The van der Waals surface area contributed by atoms with Gasteiger partial charge in [0.25, 0.3) is 5.91 Å². The third kappa shape index (κ3) is 3.04. The van der Waals surface area contributed by atoms with Crippen molar-refractivity contribution in [2.45, 2.75) is 12.5 Å². The molecule has 1 N–H and O–H groups in total. The quantitative estimate of drug-likeness (QED) is 0.611. The highest BCUT2D eigenvalue weighted by Gasteiger charge is 2.49. The van der Waals surface area contributed by atoms with Crippen LogP contribution in [0.25, 0.3) is 0 Å². The molecule has 0 aromatic heterocycles. The lowest BCUT2D eigenvalue weighted by molar-refractivity contribution is -0.130. The molecule has 1 fully saturated rings. The van der Waals surface area contributed by atoms with Crippen molar-refractivity contribution in [2.24, 2.45) is 0 Å². The van der Waals surface area contributed by atoms with Gasteiger partial charge in [0.15, 0.2) is 28.8 Å². The van der Waals surface area contributed by atoms with Crippen LogP contribution in [0.4, 0.5) is 9.18 Å². The lowest BCUT2D eigenvalue weighted by Gasteiger charge is -2.22. The number of urea groups is 1. The van der Waals surface area contributed by atoms with Crippen LogP contribution >= 0.6 is 0 Å². The standard InChI is InChI=1S/C20H17FN2O6/c1-20(12-4-6-16-17(8-12)29-10-28-16)18(25)23(19(26)22-20)9-14(24)11-3-5-15(27-2)13(21)7-11/h3-8H,9-10H2,1-2H3,(H,22,26). The Morgan fingerprint density at radius 3 is 2.69 bits per heavy atom. The number of hydrogen-bond donors (Lipinski definition) is 1. The van der Waals surface area contributed by atoms with Crippen LogP contribution in [0.15, 0.2) is 36.4 Å². The van der Waals surface area contributed by atoms with Crippen LogP contribution in [0.2, 0.25) is 0 Å². The van der Waals surface area contributed by atoms with Crippen LogP contribution in [0.3, 0.4) is 0 Å². The van der Waals surface area contributed by atoms with Gasteiger partial charge in [-0.3, -0.25) is 14.5 Å². The Labute approximate surface area is 165 Å². The van der Waals surface area contributed by atoms with Crippen LogP contribution in [0.1, 0.15) is 22.8 Å². The first-order valence-electron chi connectivity index (χ1n) is 8.74. The van der Waals surface area contributed by atoms with Gasteiger partial charge in [-0.25, -0.2) is 9.18 Å². The first-order chi connectivity index (χ1) is 13.8. The number of ether oxygens (including phenoxy) is 3. The second kappa shape index (κ2) is 6.77. The summed E-state index contributed by atoms with van der Waals surface area (Å²) in [6.07, 6.45) is 0. The number of Topliss-reactive ketones (excluding diaryl/α,β-unsaturated/α-hetero) is 1. The minimum Gasteiger partial charge on any atom is -0.494 e. The smallest absolute Gasteiger partial charge is 0.325 e. The Morgan fingerprint density at radius 2 is 1.97 bits per heavy atom. The van der Waals surface area contributed by atoms with Gasteiger partial charge < -0.3 is 19.5 Å². The van der Waals surface area contributed by atoms with Gasteiger partial charge in [0.1, 0.15) is 5.54 Å². The number of hydrogen-bond acceptors (Lipinski definition) is 6. The van der Waals surface area contributed by atoms with E-state index in [9.17, 15) is 18.8 Å². The Morgan fingerprint density at radius 1 is 1.21 bits per heavy atom. The summed E-state index contributed by atoms with van der Waals surface area (Å²) < 4.78 is 29.3. The van der Waals surface area contributed by atoms with Crippen molar-refractivity contribution >= 4 is 17.7 Å². The summed E-state index contributed by atoms with van der Waals surface area (Å²) in [6.45, 7) is 1.10. The summed E-state index contributed by atoms with van der Waals surface area (Å²) in [5.74, 6) is -0.877. The van der Waals surface area contributed by atoms with Gasteiger partial charge in [0.2, 0.25) is 6.79 Å². The predicted octanol–water partition coefficient (Wildman–Crippen LogP) is 2.21. The highest BCUT2D eigenvalue weighted by molar-refractivity contribution is 6.11. The van der Waals surface area contributed by atoms with Crippen LogP contribution in [0.5, 0.6) is 17.2 Å². The van der Waals surface area contributed by atoms with E-state index in [1.807, 2.05) is 0 Å². The predicted molar refractivity (Wildman–Crippen MR) is 97.4 cm³/mol. The average Bonchev–Trinajstić information content (AvgIpc) is 3.26. The highest BCUT2D eigenvalue weighted by atomic mass is 19.1. The zero-order valence-corrected chi connectivity index (χ0v) is 15.7. The maximum atomic E-state index is 13.9. The molecule has 1 saturated heterocycles. The topological polar surface area (TPSA) is 94.2 Å². The number of amides is 3. The number of nitrogens with zero attached hydrogens (tertiary/aromatic N) is 1. The van der Waals surface area contributed by atoms with Gasteiger partial charge in [-0.05, 0) is 42.8 Å². The molecule has 9 heteroatoms. The number of nitrogens with one attached hydrogen (secondary N) is 1. The Hall–Kier alpha value is -3.62. The molecule has 4 rings (SSSR count). The van der Waals surface area contributed by atoms with Crippen LogP contribution < -0.4 is 19.5 Å². The zero-order valence-electron chi connectivity index (χ0n) is 15.7. The molecule has 150 valence electrons. The van der Waals surface area contributed by atoms with E-state index in [1.54, 1.807) is 25.1 Å². The molecule has 2 aromatic rings. The summed E-state index contributed by atoms with van der Waals surface area (Å²) in [4.78, 5) is 38.8. The van der Waals surface area contributed by atoms with Crippen molar-refractivity contribution < 1.29 is 33.0 Å². The number of fused-ring (bicyclic) bond motifs is 1. The molecule has 0 spiro atoms. The average molecular weight is 400 g/mol. The molecule has 0 bridgehead atoms. The minimum atomic E-state index is -1.37. The maximum Gasteiger partial charge on any atom is 0.325 e. The Bertz CT molecular complexity index is 1040. The summed E-state index contributed by atoms with van der Waals surface area (Å²) >= 11 is 0. The molecule has 1 atom stereocenters. The number of ketones is 1. The zero-order chi connectivity index (χ0) is 20.8. The summed E-state index contributed by atoms with van der Waals surface area (Å²) in [7, 11) is 1.31. The van der Waals surface area contributed by atoms with Crippen molar-refractivity contribution in [1.29, 1.82) is 0 Å². The van der Waals surface area contributed by atoms with Crippen molar-refractivity contribution in [3.63, 3.8) is 0 Å². The number of methoxy groups -OCH3 is 1. The molecule has 0 aliphatic carbocycles. The minimum absolute atomic E-state index is 0.00748. The molecule has 0 radical (unpaired) electrons. The third-order valence-corrected chi connectivity index (χ3v) is 5.00. The van der Waals surface area contributed by atoms with Crippen LogP contribution in [0, 0.1) is 5.82 Å². The highest BCUT2D eigenvalue weighted by Crippen LogP contribution is 2.37. The van der Waals surface area contributed by atoms with E-state index in [2.05, 4.69) is 5.32 Å². The summed E-state index contributed by atoms with van der Waals surface area (Å²) in [5, 5.41) is 2.62. The van der Waals surface area contributed by atoms with Crippen molar-refractivity contribution in [3.8, 4) is 17.2 Å². The van der Waals surface area contributed by atoms with E-state index in [1.165, 1.54) is 19.2 Å². The number of rotatable bonds is 5. The Kier molecular flexibility index (Phi) is 4.37. The SMILES string of the molecule is COc1ccc(C(=O)CN2C(=O)NC(C)(c3ccc4c(c3)OCO4)C2=O)cc1F. The molecule has 3 amide bonds. The largest absolute Gasteiger partial charge is 0.494 e.